The summed E-state index contributed by atoms with van der Waals surface area (Å²) in [7, 11) is 0. The van der Waals surface area contributed by atoms with Crippen LogP contribution in [0.15, 0.2) is 4.42 Å². The molecule has 0 saturated carbocycles. The van der Waals surface area contributed by atoms with E-state index in [0.717, 1.165) is 43.5 Å². The van der Waals surface area contributed by atoms with Gasteiger partial charge < -0.3 is 9.73 Å². The van der Waals surface area contributed by atoms with Crippen LogP contribution in [0.3, 0.4) is 0 Å². The maximum atomic E-state index is 5.46. The Morgan fingerprint density at radius 1 is 1.27 bits per heavy atom. The fourth-order valence-electron chi connectivity index (χ4n) is 1.24. The molecule has 0 aliphatic rings. The van der Waals surface area contributed by atoms with Crippen LogP contribution in [0, 0.1) is 0 Å². The molecule has 0 fully saturated rings. The third-order valence-electron chi connectivity index (χ3n) is 1.95. The molecule has 0 saturated heterocycles. The Kier molecular flexibility index (Phi) is 6.43. The highest BCUT2D eigenvalue weighted by atomic mass is 32.2. The second-order valence-corrected chi connectivity index (χ2v) is 4.24. The Balaban J connectivity index is 2.14. The van der Waals surface area contributed by atoms with Crippen LogP contribution in [0.4, 0.5) is 0 Å². The first kappa shape index (κ1) is 12.5. The number of nitrogens with zero attached hydrogens (tertiary/aromatic N) is 2. The number of aromatic nitrogens is 2. The zero-order valence-corrected chi connectivity index (χ0v) is 10.3. The van der Waals surface area contributed by atoms with Gasteiger partial charge in [-0.2, -0.15) is 11.8 Å². The summed E-state index contributed by atoms with van der Waals surface area (Å²) in [5, 5.41) is 11.3. The molecule has 4 nitrogen and oxygen atoms in total. The quantitative estimate of drug-likeness (QED) is 0.690. The van der Waals surface area contributed by atoms with Gasteiger partial charge in [-0.05, 0) is 32.2 Å². The SMILES string of the molecule is CCCNCCCc1nnc(CSC)o1. The maximum Gasteiger partial charge on any atom is 0.226 e. The van der Waals surface area contributed by atoms with Crippen LogP contribution in [0.5, 0.6) is 0 Å². The van der Waals surface area contributed by atoms with Gasteiger partial charge in [0.2, 0.25) is 11.8 Å². The standard InChI is InChI=1S/C10H19N3OS/c1-3-6-11-7-4-5-9-12-13-10(14-9)8-15-2/h11H,3-8H2,1-2H3. The Morgan fingerprint density at radius 2 is 2.07 bits per heavy atom. The van der Waals surface area contributed by atoms with Gasteiger partial charge in [-0.15, -0.1) is 10.2 Å². The summed E-state index contributed by atoms with van der Waals surface area (Å²) in [4.78, 5) is 0. The third kappa shape index (κ3) is 5.18. The van der Waals surface area contributed by atoms with Gasteiger partial charge in [0.25, 0.3) is 0 Å². The van der Waals surface area contributed by atoms with Crippen molar-refractivity contribution in [3.05, 3.63) is 11.8 Å². The first-order chi connectivity index (χ1) is 7.36. The lowest BCUT2D eigenvalue weighted by molar-refractivity contribution is 0.455. The number of hydrogen-bond acceptors (Lipinski definition) is 5. The van der Waals surface area contributed by atoms with Crippen molar-refractivity contribution in [2.24, 2.45) is 0 Å². The van der Waals surface area contributed by atoms with Crippen LogP contribution in [-0.4, -0.2) is 29.5 Å². The zero-order valence-electron chi connectivity index (χ0n) is 9.45. The van der Waals surface area contributed by atoms with E-state index in [9.17, 15) is 0 Å². The van der Waals surface area contributed by atoms with Crippen LogP contribution >= 0.6 is 11.8 Å². The van der Waals surface area contributed by atoms with E-state index >= 15 is 0 Å². The van der Waals surface area contributed by atoms with Crippen LogP contribution in [0.25, 0.3) is 0 Å². The van der Waals surface area contributed by atoms with Gasteiger partial charge in [0.15, 0.2) is 0 Å². The highest BCUT2D eigenvalue weighted by Crippen LogP contribution is 2.08. The Bertz CT molecular complexity index is 265. The van der Waals surface area contributed by atoms with Crippen molar-refractivity contribution in [3.63, 3.8) is 0 Å². The highest BCUT2D eigenvalue weighted by Gasteiger charge is 2.04. The number of hydrogen-bond donors (Lipinski definition) is 1. The molecule has 0 amide bonds. The first-order valence-corrected chi connectivity index (χ1v) is 6.77. The monoisotopic (exact) mass is 229 g/mol. The van der Waals surface area contributed by atoms with Gasteiger partial charge in [-0.3, -0.25) is 0 Å². The lowest BCUT2D eigenvalue weighted by atomic mass is 10.3. The second kappa shape index (κ2) is 7.70. The minimum absolute atomic E-state index is 0.735. The summed E-state index contributed by atoms with van der Waals surface area (Å²) in [5.74, 6) is 2.30. The molecular formula is C10H19N3OS. The van der Waals surface area contributed by atoms with Gasteiger partial charge in [0.05, 0.1) is 5.75 Å². The fourth-order valence-corrected chi connectivity index (χ4v) is 1.60. The molecule has 0 aliphatic heterocycles. The molecule has 15 heavy (non-hydrogen) atoms. The Morgan fingerprint density at radius 3 is 2.80 bits per heavy atom. The third-order valence-corrected chi connectivity index (χ3v) is 2.48. The predicted molar refractivity (Wildman–Crippen MR) is 63.0 cm³/mol. The average Bonchev–Trinajstić information content (AvgIpc) is 2.66. The summed E-state index contributed by atoms with van der Waals surface area (Å²) in [5.41, 5.74) is 0. The summed E-state index contributed by atoms with van der Waals surface area (Å²) in [6, 6.07) is 0. The second-order valence-electron chi connectivity index (χ2n) is 3.38. The van der Waals surface area contributed by atoms with Crippen molar-refractivity contribution in [1.29, 1.82) is 0 Å². The fraction of sp³-hybridized carbons (Fsp3) is 0.800. The molecule has 86 valence electrons. The summed E-state index contributed by atoms with van der Waals surface area (Å²) in [6.45, 7) is 4.27. The molecule has 1 heterocycles. The maximum absolute atomic E-state index is 5.46. The van der Waals surface area contributed by atoms with Crippen molar-refractivity contribution >= 4 is 11.8 Å². The molecule has 0 aromatic carbocycles. The van der Waals surface area contributed by atoms with E-state index in [4.69, 9.17) is 4.42 Å². The van der Waals surface area contributed by atoms with E-state index in [1.165, 1.54) is 6.42 Å². The van der Waals surface area contributed by atoms with Crippen molar-refractivity contribution in [2.45, 2.75) is 31.9 Å². The summed E-state index contributed by atoms with van der Waals surface area (Å²) in [6.07, 6.45) is 5.13. The molecule has 0 aliphatic carbocycles. The molecule has 0 radical (unpaired) electrons. The van der Waals surface area contributed by atoms with Crippen LogP contribution in [0.1, 0.15) is 31.5 Å². The number of aryl methyl sites for hydroxylation is 1. The molecule has 1 N–H and O–H groups in total. The molecule has 1 rings (SSSR count). The van der Waals surface area contributed by atoms with E-state index < -0.39 is 0 Å². The molecule has 0 bridgehead atoms. The lowest BCUT2D eigenvalue weighted by Crippen LogP contribution is -2.16. The van der Waals surface area contributed by atoms with Crippen molar-refractivity contribution in [2.75, 3.05) is 19.3 Å². The van der Waals surface area contributed by atoms with Crippen molar-refractivity contribution in [3.8, 4) is 0 Å². The number of nitrogens with one attached hydrogen (secondary N) is 1. The number of thioether (sulfide) groups is 1. The normalized spacial score (nSPS) is 10.8. The average molecular weight is 229 g/mol. The van der Waals surface area contributed by atoms with Crippen LogP contribution in [-0.2, 0) is 12.2 Å². The molecule has 5 heteroatoms. The molecule has 1 aromatic rings. The Hall–Kier alpha value is -0.550. The zero-order chi connectivity index (χ0) is 10.9. The summed E-state index contributed by atoms with van der Waals surface area (Å²) < 4.78 is 5.46. The smallest absolute Gasteiger partial charge is 0.226 e. The van der Waals surface area contributed by atoms with E-state index in [2.05, 4.69) is 22.4 Å². The van der Waals surface area contributed by atoms with Gasteiger partial charge in [0.1, 0.15) is 0 Å². The largest absolute Gasteiger partial charge is 0.424 e. The molecule has 1 aromatic heterocycles. The van der Waals surface area contributed by atoms with Crippen LogP contribution < -0.4 is 5.32 Å². The van der Waals surface area contributed by atoms with E-state index in [0.29, 0.717) is 0 Å². The molecule has 0 unspecified atom stereocenters. The van der Waals surface area contributed by atoms with Gasteiger partial charge in [-0.25, -0.2) is 0 Å². The molecular weight excluding hydrogens is 210 g/mol. The molecule has 0 atom stereocenters. The van der Waals surface area contributed by atoms with Crippen molar-refractivity contribution < 1.29 is 4.42 Å². The van der Waals surface area contributed by atoms with E-state index in [1.54, 1.807) is 11.8 Å². The van der Waals surface area contributed by atoms with Crippen molar-refractivity contribution in [1.82, 2.24) is 15.5 Å². The van der Waals surface area contributed by atoms with Crippen LogP contribution in [0.2, 0.25) is 0 Å². The van der Waals surface area contributed by atoms with E-state index in [1.807, 2.05) is 6.26 Å². The van der Waals surface area contributed by atoms with Gasteiger partial charge >= 0.3 is 0 Å². The topological polar surface area (TPSA) is 51.0 Å². The van der Waals surface area contributed by atoms with Gasteiger partial charge in [0, 0.05) is 6.42 Å². The Labute approximate surface area is 95.2 Å². The first-order valence-electron chi connectivity index (χ1n) is 5.37. The van der Waals surface area contributed by atoms with Gasteiger partial charge in [-0.1, -0.05) is 6.92 Å². The molecule has 0 spiro atoms. The predicted octanol–water partition coefficient (Wildman–Crippen LogP) is 1.86. The minimum Gasteiger partial charge on any atom is -0.424 e. The summed E-state index contributed by atoms with van der Waals surface area (Å²) >= 11 is 1.69. The van der Waals surface area contributed by atoms with E-state index in [-0.39, 0.29) is 0 Å². The lowest BCUT2D eigenvalue weighted by Gasteiger charge is -1.99. The highest BCUT2D eigenvalue weighted by molar-refractivity contribution is 7.97. The number of rotatable bonds is 8. The minimum atomic E-state index is 0.735.